The highest BCUT2D eigenvalue weighted by atomic mass is 35.5. The molecule has 0 aliphatic heterocycles. The van der Waals surface area contributed by atoms with Gasteiger partial charge in [0.15, 0.2) is 0 Å². The van der Waals surface area contributed by atoms with Gasteiger partial charge in [-0.25, -0.2) is 9.48 Å². The molecule has 1 heterocycles. The minimum atomic E-state index is -1.79. The summed E-state index contributed by atoms with van der Waals surface area (Å²) in [6, 6.07) is 7.63. The first kappa shape index (κ1) is 25.2. The van der Waals surface area contributed by atoms with Crippen molar-refractivity contribution in [3.8, 4) is 11.4 Å². The van der Waals surface area contributed by atoms with Crippen LogP contribution in [-0.4, -0.2) is 59.1 Å². The third-order valence-electron chi connectivity index (χ3n) is 5.89. The molecule has 8 heteroatoms. The number of rotatable bonds is 9. The number of esters is 1. The Kier molecular flexibility index (Phi) is 8.91. The first-order chi connectivity index (χ1) is 14.4. The van der Waals surface area contributed by atoms with Crippen molar-refractivity contribution in [1.82, 2.24) is 14.7 Å². The zero-order valence-electron chi connectivity index (χ0n) is 18.9. The zero-order valence-corrected chi connectivity index (χ0v) is 19.7. The van der Waals surface area contributed by atoms with Crippen LogP contribution >= 0.6 is 12.4 Å². The summed E-state index contributed by atoms with van der Waals surface area (Å²) in [5, 5.41) is 15.8. The summed E-state index contributed by atoms with van der Waals surface area (Å²) in [5.41, 5.74) is 1.51. The molecular weight excluding hydrogens is 418 g/mol. The zero-order chi connectivity index (χ0) is 21.7. The van der Waals surface area contributed by atoms with E-state index in [1.165, 1.54) is 6.92 Å². The summed E-state index contributed by atoms with van der Waals surface area (Å²) in [5.74, 6) is 0.117. The molecule has 0 radical (unpaired) electrons. The third kappa shape index (κ3) is 5.40. The van der Waals surface area contributed by atoms with Crippen molar-refractivity contribution in [3.63, 3.8) is 0 Å². The van der Waals surface area contributed by atoms with E-state index < -0.39 is 11.6 Å². The molecule has 7 nitrogen and oxygen atoms in total. The summed E-state index contributed by atoms with van der Waals surface area (Å²) in [6.45, 7) is 8.31. The van der Waals surface area contributed by atoms with Crippen LogP contribution in [0.5, 0.6) is 5.75 Å². The van der Waals surface area contributed by atoms with Gasteiger partial charge in [-0.3, -0.25) is 0 Å². The number of carbonyl (C=O) groups is 1. The normalized spacial score (nSPS) is 15.0. The monoisotopic (exact) mass is 451 g/mol. The van der Waals surface area contributed by atoms with E-state index in [9.17, 15) is 9.90 Å². The molecule has 1 atom stereocenters. The molecule has 0 amide bonds. The summed E-state index contributed by atoms with van der Waals surface area (Å²) in [6.07, 6.45) is 3.73. The number of aliphatic hydroxyl groups is 1. The largest absolute Gasteiger partial charge is 0.497 e. The number of methoxy groups -OCH3 is 1. The second kappa shape index (κ2) is 11.0. The Bertz CT molecular complexity index is 860. The number of nitrogens with zero attached hydrogens (tertiary/aromatic N) is 3. The Morgan fingerprint density at radius 2 is 1.84 bits per heavy atom. The topological polar surface area (TPSA) is 76.8 Å². The van der Waals surface area contributed by atoms with Crippen LogP contribution in [0.15, 0.2) is 24.3 Å². The van der Waals surface area contributed by atoms with E-state index in [4.69, 9.17) is 14.6 Å². The number of aromatic nitrogens is 2. The molecule has 1 unspecified atom stereocenters. The average Bonchev–Trinajstić information content (AvgIpc) is 3.17. The SMILES string of the molecule is CCN(CC)CCOC(=O)C(C)(O)c1nn(-c2ccc(OC)cc2)c2c1CCCC2.Cl. The predicted molar refractivity (Wildman–Crippen MR) is 122 cm³/mol. The van der Waals surface area contributed by atoms with E-state index in [1.54, 1.807) is 7.11 Å². The van der Waals surface area contributed by atoms with Crippen LogP contribution in [0, 0.1) is 0 Å². The van der Waals surface area contributed by atoms with Crippen LogP contribution in [0.3, 0.4) is 0 Å². The number of ether oxygens (including phenoxy) is 2. The highest BCUT2D eigenvalue weighted by molar-refractivity contribution is 5.85. The molecule has 172 valence electrons. The summed E-state index contributed by atoms with van der Waals surface area (Å²) < 4.78 is 12.5. The average molecular weight is 452 g/mol. The Balaban J connectivity index is 0.00000341. The molecule has 1 N–H and O–H groups in total. The number of fused-ring (bicyclic) bond motifs is 1. The maximum absolute atomic E-state index is 12.8. The van der Waals surface area contributed by atoms with E-state index in [-0.39, 0.29) is 19.0 Å². The van der Waals surface area contributed by atoms with Crippen molar-refractivity contribution in [3.05, 3.63) is 41.2 Å². The van der Waals surface area contributed by atoms with E-state index in [0.717, 1.165) is 61.5 Å². The molecule has 1 aromatic heterocycles. The molecule has 1 aromatic carbocycles. The van der Waals surface area contributed by atoms with E-state index in [1.807, 2.05) is 28.9 Å². The van der Waals surface area contributed by atoms with Gasteiger partial charge in [-0.05, 0) is 70.0 Å². The molecule has 3 rings (SSSR count). The number of halogens is 1. The van der Waals surface area contributed by atoms with Gasteiger partial charge in [-0.1, -0.05) is 13.8 Å². The quantitative estimate of drug-likeness (QED) is 0.589. The van der Waals surface area contributed by atoms with Crippen LogP contribution in [0.4, 0.5) is 0 Å². The predicted octanol–water partition coefficient (Wildman–Crippen LogP) is 3.27. The van der Waals surface area contributed by atoms with Gasteiger partial charge < -0.3 is 19.5 Å². The van der Waals surface area contributed by atoms with Crippen LogP contribution < -0.4 is 4.74 Å². The number of benzene rings is 1. The Morgan fingerprint density at radius 1 is 1.19 bits per heavy atom. The molecule has 0 bridgehead atoms. The highest BCUT2D eigenvalue weighted by Crippen LogP contribution is 2.33. The lowest BCUT2D eigenvalue weighted by Gasteiger charge is -2.23. The van der Waals surface area contributed by atoms with E-state index in [0.29, 0.717) is 12.2 Å². The van der Waals surface area contributed by atoms with Crippen LogP contribution in [-0.2, 0) is 28.0 Å². The lowest BCUT2D eigenvalue weighted by Crippen LogP contribution is -2.37. The number of hydrogen-bond acceptors (Lipinski definition) is 6. The second-order valence-corrected chi connectivity index (χ2v) is 7.83. The maximum Gasteiger partial charge on any atom is 0.344 e. The third-order valence-corrected chi connectivity index (χ3v) is 5.89. The van der Waals surface area contributed by atoms with E-state index in [2.05, 4.69) is 18.7 Å². The lowest BCUT2D eigenvalue weighted by atomic mass is 9.89. The second-order valence-electron chi connectivity index (χ2n) is 7.83. The Hall–Kier alpha value is -2.09. The van der Waals surface area contributed by atoms with Crippen LogP contribution in [0.2, 0.25) is 0 Å². The molecule has 2 aromatic rings. The highest BCUT2D eigenvalue weighted by Gasteiger charge is 2.41. The van der Waals surface area contributed by atoms with Crippen LogP contribution in [0.25, 0.3) is 5.69 Å². The minimum Gasteiger partial charge on any atom is -0.497 e. The number of hydrogen-bond donors (Lipinski definition) is 1. The molecular formula is C23H34ClN3O4. The molecule has 31 heavy (non-hydrogen) atoms. The van der Waals surface area contributed by atoms with Gasteiger partial charge in [0.05, 0.1) is 12.8 Å². The van der Waals surface area contributed by atoms with Gasteiger partial charge in [0.2, 0.25) is 5.60 Å². The molecule has 0 spiro atoms. The lowest BCUT2D eigenvalue weighted by molar-refractivity contribution is -0.165. The Labute approximate surface area is 190 Å². The molecule has 0 saturated heterocycles. The smallest absolute Gasteiger partial charge is 0.344 e. The van der Waals surface area contributed by atoms with Crippen molar-refractivity contribution in [2.75, 3.05) is 33.4 Å². The van der Waals surface area contributed by atoms with Crippen molar-refractivity contribution < 1.29 is 19.4 Å². The van der Waals surface area contributed by atoms with Crippen molar-refractivity contribution in [2.45, 2.75) is 52.1 Å². The fourth-order valence-electron chi connectivity index (χ4n) is 3.97. The summed E-state index contributed by atoms with van der Waals surface area (Å²) in [7, 11) is 1.63. The number of likely N-dealkylation sites (N-methyl/N-ethyl adjacent to an activating group) is 1. The summed E-state index contributed by atoms with van der Waals surface area (Å²) >= 11 is 0. The molecule has 1 aliphatic carbocycles. The summed E-state index contributed by atoms with van der Waals surface area (Å²) in [4.78, 5) is 15.0. The van der Waals surface area contributed by atoms with Crippen molar-refractivity contribution in [1.29, 1.82) is 0 Å². The van der Waals surface area contributed by atoms with Gasteiger partial charge in [-0.2, -0.15) is 5.10 Å². The fourth-order valence-corrected chi connectivity index (χ4v) is 3.97. The standard InChI is InChI=1S/C23H33N3O4.ClH/c1-5-25(6-2)15-16-30-22(27)23(3,28)21-19-9-7-8-10-20(19)26(24-21)17-11-13-18(29-4)14-12-17;/h11-14,28H,5-10,15-16H2,1-4H3;1H. The van der Waals surface area contributed by atoms with Gasteiger partial charge in [0.25, 0.3) is 0 Å². The number of carbonyl (C=O) groups excluding carboxylic acids is 1. The molecule has 0 saturated carbocycles. The van der Waals surface area contributed by atoms with Gasteiger partial charge in [-0.15, -0.1) is 12.4 Å². The maximum atomic E-state index is 12.8. The van der Waals surface area contributed by atoms with Crippen molar-refractivity contribution in [2.24, 2.45) is 0 Å². The molecule has 0 fully saturated rings. The van der Waals surface area contributed by atoms with Gasteiger partial charge in [0, 0.05) is 17.8 Å². The van der Waals surface area contributed by atoms with Gasteiger partial charge in [0.1, 0.15) is 18.1 Å². The first-order valence-electron chi connectivity index (χ1n) is 10.8. The van der Waals surface area contributed by atoms with Crippen molar-refractivity contribution >= 4 is 18.4 Å². The first-order valence-corrected chi connectivity index (χ1v) is 10.8. The van der Waals surface area contributed by atoms with E-state index >= 15 is 0 Å². The molecule has 1 aliphatic rings. The van der Waals surface area contributed by atoms with Gasteiger partial charge >= 0.3 is 5.97 Å². The fraction of sp³-hybridized carbons (Fsp3) is 0.565. The minimum absolute atomic E-state index is 0. The Morgan fingerprint density at radius 3 is 2.45 bits per heavy atom. The van der Waals surface area contributed by atoms with Crippen LogP contribution in [0.1, 0.15) is 50.6 Å².